The SMILES string of the molecule is CC(C)C(C)(C)c1ccc2c(c1)N(C)CCO2. The van der Waals surface area contributed by atoms with Crippen molar-refractivity contribution in [3.8, 4) is 5.75 Å². The summed E-state index contributed by atoms with van der Waals surface area (Å²) in [6.45, 7) is 10.9. The minimum Gasteiger partial charge on any atom is -0.490 e. The zero-order chi connectivity index (χ0) is 12.6. The van der Waals surface area contributed by atoms with Crippen LogP contribution in [0.4, 0.5) is 5.69 Å². The molecular formula is C15H23NO. The van der Waals surface area contributed by atoms with Crippen molar-refractivity contribution in [3.05, 3.63) is 23.8 Å². The van der Waals surface area contributed by atoms with Gasteiger partial charge in [0.25, 0.3) is 0 Å². The smallest absolute Gasteiger partial charge is 0.142 e. The molecule has 2 rings (SSSR count). The Hall–Kier alpha value is -1.18. The molecule has 0 radical (unpaired) electrons. The van der Waals surface area contributed by atoms with Crippen LogP contribution in [0.2, 0.25) is 0 Å². The molecule has 0 saturated heterocycles. The molecule has 0 fully saturated rings. The third-order valence-corrected chi connectivity index (χ3v) is 4.24. The summed E-state index contributed by atoms with van der Waals surface area (Å²) < 4.78 is 5.68. The van der Waals surface area contributed by atoms with Gasteiger partial charge in [-0.2, -0.15) is 0 Å². The van der Waals surface area contributed by atoms with Crippen LogP contribution in [0.1, 0.15) is 33.3 Å². The van der Waals surface area contributed by atoms with E-state index in [0.29, 0.717) is 5.92 Å². The second-order valence-electron chi connectivity index (χ2n) is 5.83. The van der Waals surface area contributed by atoms with Crippen molar-refractivity contribution in [2.24, 2.45) is 5.92 Å². The summed E-state index contributed by atoms with van der Waals surface area (Å²) in [5.74, 6) is 1.64. The summed E-state index contributed by atoms with van der Waals surface area (Å²) in [5, 5.41) is 0. The first-order chi connectivity index (χ1) is 7.93. The second-order valence-corrected chi connectivity index (χ2v) is 5.83. The Morgan fingerprint density at radius 2 is 2.00 bits per heavy atom. The molecule has 0 N–H and O–H groups in total. The Balaban J connectivity index is 2.42. The molecule has 1 aromatic rings. The van der Waals surface area contributed by atoms with Gasteiger partial charge < -0.3 is 9.64 Å². The molecule has 17 heavy (non-hydrogen) atoms. The van der Waals surface area contributed by atoms with E-state index in [9.17, 15) is 0 Å². The van der Waals surface area contributed by atoms with Crippen LogP contribution in [-0.4, -0.2) is 20.2 Å². The third kappa shape index (κ3) is 2.13. The number of nitrogens with zero attached hydrogens (tertiary/aromatic N) is 1. The quantitative estimate of drug-likeness (QED) is 0.775. The highest BCUT2D eigenvalue weighted by molar-refractivity contribution is 5.61. The average Bonchev–Trinajstić information content (AvgIpc) is 2.29. The molecule has 94 valence electrons. The molecular weight excluding hydrogens is 210 g/mol. The van der Waals surface area contributed by atoms with Crippen LogP contribution in [0, 0.1) is 5.92 Å². The molecule has 0 aliphatic carbocycles. The molecule has 0 spiro atoms. The van der Waals surface area contributed by atoms with Crippen LogP contribution < -0.4 is 9.64 Å². The summed E-state index contributed by atoms with van der Waals surface area (Å²) >= 11 is 0. The van der Waals surface area contributed by atoms with Gasteiger partial charge in [-0.3, -0.25) is 0 Å². The number of benzene rings is 1. The molecule has 1 aliphatic heterocycles. The van der Waals surface area contributed by atoms with E-state index >= 15 is 0 Å². The summed E-state index contributed by atoms with van der Waals surface area (Å²) in [6.07, 6.45) is 0. The van der Waals surface area contributed by atoms with Gasteiger partial charge in [0.1, 0.15) is 12.4 Å². The first kappa shape index (κ1) is 12.3. The number of hydrogen-bond donors (Lipinski definition) is 0. The van der Waals surface area contributed by atoms with Crippen molar-refractivity contribution < 1.29 is 4.74 Å². The van der Waals surface area contributed by atoms with E-state index < -0.39 is 0 Å². The Morgan fingerprint density at radius 1 is 1.29 bits per heavy atom. The molecule has 1 heterocycles. The topological polar surface area (TPSA) is 12.5 Å². The molecule has 2 heteroatoms. The number of fused-ring (bicyclic) bond motifs is 1. The highest BCUT2D eigenvalue weighted by Gasteiger charge is 2.26. The predicted octanol–water partition coefficient (Wildman–Crippen LogP) is 3.45. The van der Waals surface area contributed by atoms with Crippen LogP contribution in [0.15, 0.2) is 18.2 Å². The molecule has 1 aliphatic rings. The summed E-state index contributed by atoms with van der Waals surface area (Å²) in [5.41, 5.74) is 2.82. The maximum Gasteiger partial charge on any atom is 0.142 e. The fourth-order valence-corrected chi connectivity index (χ4v) is 2.08. The Morgan fingerprint density at radius 3 is 2.65 bits per heavy atom. The number of rotatable bonds is 2. The maximum absolute atomic E-state index is 5.68. The molecule has 0 unspecified atom stereocenters. The Labute approximate surface area is 105 Å². The second kappa shape index (κ2) is 4.25. The first-order valence-electron chi connectivity index (χ1n) is 6.41. The lowest BCUT2D eigenvalue weighted by molar-refractivity contribution is 0.310. The number of likely N-dealkylation sites (N-methyl/N-ethyl adjacent to an activating group) is 1. The maximum atomic E-state index is 5.68. The fourth-order valence-electron chi connectivity index (χ4n) is 2.08. The van der Waals surface area contributed by atoms with E-state index in [2.05, 4.69) is 57.8 Å². The van der Waals surface area contributed by atoms with Gasteiger partial charge in [-0.05, 0) is 29.0 Å². The van der Waals surface area contributed by atoms with Crippen molar-refractivity contribution >= 4 is 5.69 Å². The van der Waals surface area contributed by atoms with Crippen LogP contribution in [0.3, 0.4) is 0 Å². The van der Waals surface area contributed by atoms with E-state index in [0.717, 1.165) is 18.9 Å². The van der Waals surface area contributed by atoms with Gasteiger partial charge in [0, 0.05) is 7.05 Å². The normalized spacial score (nSPS) is 15.8. The first-order valence-corrected chi connectivity index (χ1v) is 6.41. The summed E-state index contributed by atoms with van der Waals surface area (Å²) in [6, 6.07) is 6.61. The molecule has 0 aromatic heterocycles. The van der Waals surface area contributed by atoms with E-state index in [4.69, 9.17) is 4.74 Å². The van der Waals surface area contributed by atoms with Gasteiger partial charge in [0.05, 0.1) is 12.2 Å². The Bertz CT molecular complexity index is 409. The number of ether oxygens (including phenoxy) is 1. The van der Waals surface area contributed by atoms with Crippen molar-refractivity contribution in [3.63, 3.8) is 0 Å². The van der Waals surface area contributed by atoms with E-state index in [1.54, 1.807) is 0 Å². The van der Waals surface area contributed by atoms with Crippen molar-refractivity contribution in [2.75, 3.05) is 25.1 Å². The molecule has 0 bridgehead atoms. The molecule has 0 saturated carbocycles. The van der Waals surface area contributed by atoms with E-state index in [-0.39, 0.29) is 5.41 Å². The zero-order valence-electron chi connectivity index (χ0n) is 11.6. The highest BCUT2D eigenvalue weighted by atomic mass is 16.5. The Kier molecular flexibility index (Phi) is 3.07. The average molecular weight is 233 g/mol. The third-order valence-electron chi connectivity index (χ3n) is 4.24. The largest absolute Gasteiger partial charge is 0.490 e. The van der Waals surface area contributed by atoms with Gasteiger partial charge >= 0.3 is 0 Å². The minimum absolute atomic E-state index is 0.202. The van der Waals surface area contributed by atoms with Crippen LogP contribution in [0.5, 0.6) is 5.75 Å². The molecule has 2 nitrogen and oxygen atoms in total. The van der Waals surface area contributed by atoms with Crippen LogP contribution in [-0.2, 0) is 5.41 Å². The highest BCUT2D eigenvalue weighted by Crippen LogP contribution is 2.38. The van der Waals surface area contributed by atoms with Gasteiger partial charge in [0.15, 0.2) is 0 Å². The van der Waals surface area contributed by atoms with E-state index in [1.807, 2.05) is 0 Å². The molecule has 1 aromatic carbocycles. The number of anilines is 1. The van der Waals surface area contributed by atoms with E-state index in [1.165, 1.54) is 11.3 Å². The van der Waals surface area contributed by atoms with Crippen molar-refractivity contribution in [2.45, 2.75) is 33.1 Å². The van der Waals surface area contributed by atoms with Gasteiger partial charge in [-0.25, -0.2) is 0 Å². The van der Waals surface area contributed by atoms with Gasteiger partial charge in [-0.15, -0.1) is 0 Å². The van der Waals surface area contributed by atoms with Gasteiger partial charge in [0.2, 0.25) is 0 Å². The fraction of sp³-hybridized carbons (Fsp3) is 0.600. The van der Waals surface area contributed by atoms with Gasteiger partial charge in [-0.1, -0.05) is 33.8 Å². The van der Waals surface area contributed by atoms with Crippen molar-refractivity contribution in [1.29, 1.82) is 0 Å². The summed E-state index contributed by atoms with van der Waals surface area (Å²) in [7, 11) is 2.13. The lowest BCUT2D eigenvalue weighted by Gasteiger charge is -2.33. The monoisotopic (exact) mass is 233 g/mol. The molecule has 0 atom stereocenters. The standard InChI is InChI=1S/C15H23NO/c1-11(2)15(3,4)12-6-7-14-13(10-12)16(5)8-9-17-14/h6-7,10-11H,8-9H2,1-5H3. The number of hydrogen-bond acceptors (Lipinski definition) is 2. The predicted molar refractivity (Wildman–Crippen MR) is 73.1 cm³/mol. The zero-order valence-corrected chi connectivity index (χ0v) is 11.6. The summed E-state index contributed by atoms with van der Waals surface area (Å²) in [4.78, 5) is 2.28. The lowest BCUT2D eigenvalue weighted by Crippen LogP contribution is -2.30. The van der Waals surface area contributed by atoms with Crippen LogP contribution >= 0.6 is 0 Å². The van der Waals surface area contributed by atoms with Crippen LogP contribution in [0.25, 0.3) is 0 Å². The molecule has 0 amide bonds. The minimum atomic E-state index is 0.202. The lowest BCUT2D eigenvalue weighted by atomic mass is 9.75. The van der Waals surface area contributed by atoms with Crippen molar-refractivity contribution in [1.82, 2.24) is 0 Å².